The monoisotopic (exact) mass is 394 g/mol. The molecule has 29 heavy (non-hydrogen) atoms. The second-order valence-electron chi connectivity index (χ2n) is 7.62. The van der Waals surface area contributed by atoms with Gasteiger partial charge in [-0.2, -0.15) is 0 Å². The summed E-state index contributed by atoms with van der Waals surface area (Å²) in [6.45, 7) is 4.72. The summed E-state index contributed by atoms with van der Waals surface area (Å²) in [5.41, 5.74) is 3.38. The number of carbonyl (C=O) groups excluding carboxylic acids is 2. The zero-order valence-electron chi connectivity index (χ0n) is 16.7. The van der Waals surface area contributed by atoms with Gasteiger partial charge in [-0.15, -0.1) is 0 Å². The molecule has 0 spiro atoms. The van der Waals surface area contributed by atoms with Crippen molar-refractivity contribution in [3.8, 4) is 0 Å². The number of amides is 2. The molecule has 6 heteroatoms. The van der Waals surface area contributed by atoms with E-state index in [1.54, 1.807) is 6.07 Å². The Labute approximate surface area is 170 Å². The zero-order valence-corrected chi connectivity index (χ0v) is 16.7. The van der Waals surface area contributed by atoms with Crippen molar-refractivity contribution in [3.63, 3.8) is 0 Å². The lowest BCUT2D eigenvalue weighted by Crippen LogP contribution is -2.47. The first-order valence-corrected chi connectivity index (χ1v) is 10.1. The van der Waals surface area contributed by atoms with E-state index < -0.39 is 0 Å². The first kappa shape index (κ1) is 19.6. The lowest BCUT2D eigenvalue weighted by atomic mass is 10.0. The van der Waals surface area contributed by atoms with Crippen LogP contribution in [0.3, 0.4) is 0 Å². The summed E-state index contributed by atoms with van der Waals surface area (Å²) in [6.07, 6.45) is 0.401. The van der Waals surface area contributed by atoms with Crippen LogP contribution in [0.25, 0.3) is 0 Å². The minimum atomic E-state index is -0.268. The van der Waals surface area contributed by atoms with E-state index >= 15 is 0 Å². The molecule has 2 aromatic carbocycles. The molecule has 2 aliphatic heterocycles. The second kappa shape index (κ2) is 8.35. The maximum absolute atomic E-state index is 12.6. The van der Waals surface area contributed by atoms with E-state index in [9.17, 15) is 9.59 Å². The predicted molar refractivity (Wildman–Crippen MR) is 109 cm³/mol. The third kappa shape index (κ3) is 4.04. The van der Waals surface area contributed by atoms with Gasteiger partial charge in [0.1, 0.15) is 12.2 Å². The molecular formula is C23H26N2O4. The maximum Gasteiger partial charge on any atom is 0.251 e. The van der Waals surface area contributed by atoms with Gasteiger partial charge in [-0.1, -0.05) is 37.3 Å². The number of ether oxygens (including phenoxy) is 2. The highest BCUT2D eigenvalue weighted by molar-refractivity contribution is 5.96. The van der Waals surface area contributed by atoms with Crippen LogP contribution < -0.4 is 10.6 Å². The average Bonchev–Trinajstić information content (AvgIpc) is 3.32. The molecule has 2 aromatic rings. The number of carbonyl (C=O) groups is 2. The molecule has 4 rings (SSSR count). The van der Waals surface area contributed by atoms with Crippen LogP contribution in [0, 0.1) is 6.92 Å². The van der Waals surface area contributed by atoms with E-state index in [2.05, 4.69) is 17.6 Å². The third-order valence-corrected chi connectivity index (χ3v) is 5.70. The molecule has 2 aliphatic rings. The van der Waals surface area contributed by atoms with Gasteiger partial charge < -0.3 is 20.1 Å². The highest BCUT2D eigenvalue weighted by atomic mass is 16.6. The quantitative estimate of drug-likeness (QED) is 0.816. The fourth-order valence-corrected chi connectivity index (χ4v) is 3.96. The Bertz CT molecular complexity index is 896. The molecular weight excluding hydrogens is 368 g/mol. The standard InChI is InChI=1S/C23H26N2O4/c1-3-15-8-10-16(11-9-15)22(26)24-18-12-28-21-19(13-29-20(18)21)25-23(27)17-7-5-4-6-14(17)2/h4-11,18-21H,3,12-13H2,1-2H3,(H,24,26)(H,25,27)/t18-,19-,20+,21+/m0/s1. The summed E-state index contributed by atoms with van der Waals surface area (Å²) < 4.78 is 11.8. The van der Waals surface area contributed by atoms with Gasteiger partial charge in [0, 0.05) is 11.1 Å². The first-order valence-electron chi connectivity index (χ1n) is 10.1. The van der Waals surface area contributed by atoms with Crippen LogP contribution in [0.5, 0.6) is 0 Å². The largest absolute Gasteiger partial charge is 0.371 e. The zero-order chi connectivity index (χ0) is 20.4. The Hall–Kier alpha value is -2.70. The van der Waals surface area contributed by atoms with E-state index in [4.69, 9.17) is 9.47 Å². The molecule has 0 saturated carbocycles. The summed E-state index contributed by atoms with van der Waals surface area (Å²) in [7, 11) is 0. The molecule has 0 radical (unpaired) electrons. The van der Waals surface area contributed by atoms with Gasteiger partial charge >= 0.3 is 0 Å². The number of hydrogen-bond donors (Lipinski definition) is 2. The Morgan fingerprint density at radius 3 is 2.07 bits per heavy atom. The fourth-order valence-electron chi connectivity index (χ4n) is 3.96. The molecule has 2 saturated heterocycles. The Morgan fingerprint density at radius 1 is 0.897 bits per heavy atom. The second-order valence-corrected chi connectivity index (χ2v) is 7.62. The third-order valence-electron chi connectivity index (χ3n) is 5.70. The molecule has 4 atom stereocenters. The summed E-state index contributed by atoms with van der Waals surface area (Å²) in [4.78, 5) is 25.2. The lowest BCUT2D eigenvalue weighted by Gasteiger charge is -2.19. The van der Waals surface area contributed by atoms with Gasteiger partial charge in [-0.25, -0.2) is 0 Å². The van der Waals surface area contributed by atoms with Crippen LogP contribution >= 0.6 is 0 Å². The van der Waals surface area contributed by atoms with Crippen LogP contribution in [0.2, 0.25) is 0 Å². The number of rotatable bonds is 5. The minimum Gasteiger partial charge on any atom is -0.371 e. The van der Waals surface area contributed by atoms with Crippen LogP contribution in [-0.4, -0.2) is 49.3 Å². The van der Waals surface area contributed by atoms with Crippen LogP contribution in [-0.2, 0) is 15.9 Å². The van der Waals surface area contributed by atoms with Crippen molar-refractivity contribution in [2.24, 2.45) is 0 Å². The molecule has 0 bridgehead atoms. The number of fused-ring (bicyclic) bond motifs is 1. The van der Waals surface area contributed by atoms with Crippen molar-refractivity contribution in [1.82, 2.24) is 10.6 Å². The van der Waals surface area contributed by atoms with E-state index in [0.29, 0.717) is 24.3 Å². The number of benzene rings is 2. The Kier molecular flexibility index (Phi) is 5.65. The van der Waals surface area contributed by atoms with Crippen molar-refractivity contribution in [2.45, 2.75) is 44.6 Å². The number of aryl methyl sites for hydroxylation is 2. The van der Waals surface area contributed by atoms with Gasteiger partial charge in [0.15, 0.2) is 0 Å². The van der Waals surface area contributed by atoms with E-state index in [0.717, 1.165) is 12.0 Å². The van der Waals surface area contributed by atoms with Crippen LogP contribution in [0.15, 0.2) is 48.5 Å². The number of nitrogens with one attached hydrogen (secondary N) is 2. The van der Waals surface area contributed by atoms with Gasteiger partial charge in [-0.3, -0.25) is 9.59 Å². The molecule has 0 aromatic heterocycles. The van der Waals surface area contributed by atoms with Crippen molar-refractivity contribution >= 4 is 11.8 Å². The molecule has 152 valence electrons. The molecule has 2 heterocycles. The molecule has 2 amide bonds. The first-order chi connectivity index (χ1) is 14.1. The molecule has 0 unspecified atom stereocenters. The summed E-state index contributed by atoms with van der Waals surface area (Å²) in [6, 6.07) is 14.6. The fraction of sp³-hybridized carbons (Fsp3) is 0.391. The predicted octanol–water partition coefficient (Wildman–Crippen LogP) is 2.25. The lowest BCUT2D eigenvalue weighted by molar-refractivity contribution is 0.0628. The van der Waals surface area contributed by atoms with E-state index in [-0.39, 0.29) is 36.1 Å². The van der Waals surface area contributed by atoms with Gasteiger partial charge in [0.25, 0.3) is 11.8 Å². The van der Waals surface area contributed by atoms with Crippen molar-refractivity contribution < 1.29 is 19.1 Å². The topological polar surface area (TPSA) is 76.7 Å². The average molecular weight is 394 g/mol. The van der Waals surface area contributed by atoms with Gasteiger partial charge in [0.2, 0.25) is 0 Å². The Morgan fingerprint density at radius 2 is 1.48 bits per heavy atom. The summed E-state index contributed by atoms with van der Waals surface area (Å²) in [5.74, 6) is -0.276. The number of hydrogen-bond acceptors (Lipinski definition) is 4. The molecule has 2 fully saturated rings. The highest BCUT2D eigenvalue weighted by Crippen LogP contribution is 2.27. The molecule has 2 N–H and O–H groups in total. The van der Waals surface area contributed by atoms with Crippen LogP contribution in [0.1, 0.15) is 38.8 Å². The van der Waals surface area contributed by atoms with Gasteiger partial charge in [-0.05, 0) is 42.7 Å². The van der Waals surface area contributed by atoms with Crippen molar-refractivity contribution in [1.29, 1.82) is 0 Å². The maximum atomic E-state index is 12.6. The molecule has 6 nitrogen and oxygen atoms in total. The Balaban J connectivity index is 1.36. The smallest absolute Gasteiger partial charge is 0.251 e. The van der Waals surface area contributed by atoms with E-state index in [1.165, 1.54) is 5.56 Å². The highest BCUT2D eigenvalue weighted by Gasteiger charge is 2.48. The van der Waals surface area contributed by atoms with E-state index in [1.807, 2.05) is 49.4 Å². The van der Waals surface area contributed by atoms with Gasteiger partial charge in [0.05, 0.1) is 25.3 Å². The normalized spacial score (nSPS) is 25.4. The molecule has 0 aliphatic carbocycles. The SMILES string of the molecule is CCc1ccc(C(=O)N[C@H]2CO[C@H]3[C@@H]2OC[C@@H]3NC(=O)c2ccccc2C)cc1. The summed E-state index contributed by atoms with van der Waals surface area (Å²) >= 11 is 0. The van der Waals surface area contributed by atoms with Crippen molar-refractivity contribution in [3.05, 3.63) is 70.8 Å². The summed E-state index contributed by atoms with van der Waals surface area (Å²) in [5, 5.41) is 6.04. The van der Waals surface area contributed by atoms with Crippen LogP contribution in [0.4, 0.5) is 0 Å². The van der Waals surface area contributed by atoms with Crippen molar-refractivity contribution in [2.75, 3.05) is 13.2 Å². The minimum absolute atomic E-state index is 0.135.